The molecule has 0 fully saturated rings. The zero-order valence-electron chi connectivity index (χ0n) is 24.2. The summed E-state index contributed by atoms with van der Waals surface area (Å²) >= 11 is 0. The van der Waals surface area contributed by atoms with Crippen molar-refractivity contribution in [1.82, 2.24) is 19.9 Å². The van der Waals surface area contributed by atoms with Gasteiger partial charge in [-0.05, 0) is 107 Å². The summed E-state index contributed by atoms with van der Waals surface area (Å²) in [7, 11) is 0. The monoisotopic (exact) mass is 542 g/mol. The lowest BCUT2D eigenvalue weighted by molar-refractivity contribution is 1.20. The van der Waals surface area contributed by atoms with Gasteiger partial charge in [0, 0.05) is 47.7 Å². The van der Waals surface area contributed by atoms with Crippen LogP contribution in [0.25, 0.3) is 66.4 Å². The Morgan fingerprint density at radius 1 is 0.476 bits per heavy atom. The van der Waals surface area contributed by atoms with E-state index >= 15 is 0 Å². The Morgan fingerprint density at radius 3 is 1.79 bits per heavy atom. The molecule has 0 aliphatic heterocycles. The minimum Gasteiger partial charge on any atom is -0.264 e. The fraction of sp³-hybridized carbons (Fsp3) is 0.105. The Morgan fingerprint density at radius 2 is 1.17 bits per heavy atom. The van der Waals surface area contributed by atoms with Gasteiger partial charge in [-0.25, -0.2) is 0 Å². The number of hydrogen-bond donors (Lipinski definition) is 0. The van der Waals surface area contributed by atoms with E-state index in [0.29, 0.717) is 0 Å². The van der Waals surface area contributed by atoms with Crippen molar-refractivity contribution in [3.8, 4) is 44.9 Å². The highest BCUT2D eigenvalue weighted by Crippen LogP contribution is 2.44. The van der Waals surface area contributed by atoms with Crippen LogP contribution in [-0.4, -0.2) is 19.9 Å². The first kappa shape index (κ1) is 25.7. The number of rotatable bonds is 4. The molecule has 4 nitrogen and oxygen atoms in total. The quantitative estimate of drug-likeness (QED) is 0.208. The van der Waals surface area contributed by atoms with Gasteiger partial charge >= 0.3 is 0 Å². The van der Waals surface area contributed by atoms with Crippen LogP contribution in [0.15, 0.2) is 110 Å². The molecule has 0 saturated heterocycles. The maximum Gasteiger partial charge on any atom is 0.0915 e. The molecule has 0 spiro atoms. The molecule has 3 aromatic carbocycles. The van der Waals surface area contributed by atoms with Gasteiger partial charge in [0.1, 0.15) is 0 Å². The molecule has 0 saturated carbocycles. The molecule has 0 unspecified atom stereocenters. The van der Waals surface area contributed by atoms with Crippen molar-refractivity contribution in [2.24, 2.45) is 0 Å². The first-order chi connectivity index (χ1) is 20.5. The third-order valence-corrected chi connectivity index (χ3v) is 8.08. The van der Waals surface area contributed by atoms with E-state index in [1.807, 2.05) is 37.1 Å². The van der Waals surface area contributed by atoms with Crippen LogP contribution in [0.3, 0.4) is 0 Å². The lowest BCUT2D eigenvalue weighted by Crippen LogP contribution is -1.96. The van der Waals surface area contributed by atoms with E-state index < -0.39 is 0 Å². The fourth-order valence-corrected chi connectivity index (χ4v) is 6.13. The predicted octanol–water partition coefficient (Wildman–Crippen LogP) is 9.47. The third kappa shape index (κ3) is 4.33. The lowest BCUT2D eigenvalue weighted by Gasteiger charge is -2.19. The Balaban J connectivity index is 1.46. The fourth-order valence-electron chi connectivity index (χ4n) is 6.13. The van der Waals surface area contributed by atoms with Gasteiger partial charge in [-0.1, -0.05) is 54.6 Å². The average Bonchev–Trinajstić information content (AvgIpc) is 3.00. The van der Waals surface area contributed by atoms with Gasteiger partial charge in [0.25, 0.3) is 0 Å². The molecule has 7 aromatic rings. The van der Waals surface area contributed by atoms with Crippen LogP contribution in [0.5, 0.6) is 0 Å². The normalized spacial score (nSPS) is 11.3. The van der Waals surface area contributed by atoms with Crippen LogP contribution in [0, 0.1) is 27.7 Å². The summed E-state index contributed by atoms with van der Waals surface area (Å²) < 4.78 is 0. The SMILES string of the molecule is Cc1cncc(-c2ncc(-c3c4ccccc4c(-c4cnc(-c5ncccc5C)cc4C)c4ccccc34)cc2C)c1. The molecule has 0 aliphatic carbocycles. The Kier molecular flexibility index (Phi) is 6.32. The maximum absolute atomic E-state index is 4.96. The number of nitrogens with zero attached hydrogens (tertiary/aromatic N) is 4. The smallest absolute Gasteiger partial charge is 0.0915 e. The van der Waals surface area contributed by atoms with E-state index in [1.54, 1.807) is 0 Å². The molecule has 4 heterocycles. The highest BCUT2D eigenvalue weighted by atomic mass is 14.8. The molecule has 4 heteroatoms. The van der Waals surface area contributed by atoms with Gasteiger partial charge in [-0.15, -0.1) is 0 Å². The predicted molar refractivity (Wildman–Crippen MR) is 173 cm³/mol. The van der Waals surface area contributed by atoms with E-state index in [1.165, 1.54) is 38.2 Å². The molecular weight excluding hydrogens is 512 g/mol. The highest BCUT2D eigenvalue weighted by molar-refractivity contribution is 6.21. The van der Waals surface area contributed by atoms with Crippen LogP contribution < -0.4 is 0 Å². The van der Waals surface area contributed by atoms with Gasteiger partial charge in [0.05, 0.1) is 17.1 Å². The Labute approximate surface area is 245 Å². The lowest BCUT2D eigenvalue weighted by atomic mass is 9.85. The molecule has 0 bridgehead atoms. The summed E-state index contributed by atoms with van der Waals surface area (Å²) in [5, 5.41) is 4.78. The van der Waals surface area contributed by atoms with Gasteiger partial charge < -0.3 is 0 Å². The highest BCUT2D eigenvalue weighted by Gasteiger charge is 2.19. The minimum absolute atomic E-state index is 0.894. The summed E-state index contributed by atoms with van der Waals surface area (Å²) in [6.45, 7) is 8.44. The van der Waals surface area contributed by atoms with Crippen LogP contribution >= 0.6 is 0 Å². The Bertz CT molecular complexity index is 2090. The molecule has 0 N–H and O–H groups in total. The number of pyridine rings is 4. The van der Waals surface area contributed by atoms with Crippen molar-refractivity contribution in [2.75, 3.05) is 0 Å². The number of benzene rings is 3. The maximum atomic E-state index is 4.96. The van der Waals surface area contributed by atoms with Crippen molar-refractivity contribution in [2.45, 2.75) is 27.7 Å². The third-order valence-electron chi connectivity index (χ3n) is 8.08. The van der Waals surface area contributed by atoms with E-state index in [0.717, 1.165) is 50.5 Å². The zero-order valence-corrected chi connectivity index (χ0v) is 24.2. The van der Waals surface area contributed by atoms with E-state index in [2.05, 4.69) is 110 Å². The molecule has 4 aromatic heterocycles. The molecule has 7 rings (SSSR count). The second-order valence-corrected chi connectivity index (χ2v) is 11.0. The number of aryl methyl sites for hydroxylation is 4. The summed E-state index contributed by atoms with van der Waals surface area (Å²) in [6.07, 6.45) is 9.61. The molecule has 0 atom stereocenters. The standard InChI is InChI=1S/C38H30N4/c1-23-16-28(20-39-19-23)37-26(4)17-27(21-42-37)35-29-11-5-7-13-31(29)36(32-14-8-6-12-30(32)35)33-22-41-34(18-25(33)3)38-24(2)10-9-15-40-38/h5-22H,1-4H3. The average molecular weight is 543 g/mol. The van der Waals surface area contributed by atoms with Crippen molar-refractivity contribution in [3.63, 3.8) is 0 Å². The van der Waals surface area contributed by atoms with E-state index in [4.69, 9.17) is 9.97 Å². The number of fused-ring (bicyclic) bond motifs is 2. The van der Waals surface area contributed by atoms with Crippen LogP contribution in [0.2, 0.25) is 0 Å². The van der Waals surface area contributed by atoms with Crippen molar-refractivity contribution >= 4 is 21.5 Å². The second kappa shape index (κ2) is 10.3. The molecule has 0 amide bonds. The summed E-state index contributed by atoms with van der Waals surface area (Å²) in [4.78, 5) is 18.9. The van der Waals surface area contributed by atoms with E-state index in [9.17, 15) is 0 Å². The molecule has 0 aliphatic rings. The van der Waals surface area contributed by atoms with Crippen molar-refractivity contribution in [1.29, 1.82) is 0 Å². The van der Waals surface area contributed by atoms with Crippen molar-refractivity contribution < 1.29 is 0 Å². The Hall–Kier alpha value is -5.22. The first-order valence-electron chi connectivity index (χ1n) is 14.2. The summed E-state index contributed by atoms with van der Waals surface area (Å²) in [5.41, 5.74) is 13.0. The van der Waals surface area contributed by atoms with Gasteiger partial charge in [-0.3, -0.25) is 19.9 Å². The van der Waals surface area contributed by atoms with Crippen LogP contribution in [0.1, 0.15) is 22.3 Å². The number of aromatic nitrogens is 4. The van der Waals surface area contributed by atoms with Crippen LogP contribution in [-0.2, 0) is 0 Å². The minimum atomic E-state index is 0.894. The van der Waals surface area contributed by atoms with Gasteiger partial charge in [-0.2, -0.15) is 0 Å². The molecule has 202 valence electrons. The van der Waals surface area contributed by atoms with Gasteiger partial charge in [0.2, 0.25) is 0 Å². The van der Waals surface area contributed by atoms with E-state index in [-0.39, 0.29) is 0 Å². The molecule has 42 heavy (non-hydrogen) atoms. The summed E-state index contributed by atoms with van der Waals surface area (Å²) in [5.74, 6) is 0. The second-order valence-electron chi connectivity index (χ2n) is 11.0. The zero-order chi connectivity index (χ0) is 28.8. The molecule has 0 radical (unpaired) electrons. The first-order valence-corrected chi connectivity index (χ1v) is 14.2. The summed E-state index contributed by atoms with van der Waals surface area (Å²) in [6, 6.07) is 28.0. The topological polar surface area (TPSA) is 51.6 Å². The number of hydrogen-bond acceptors (Lipinski definition) is 4. The van der Waals surface area contributed by atoms with Crippen molar-refractivity contribution in [3.05, 3.63) is 132 Å². The molecular formula is C38H30N4. The van der Waals surface area contributed by atoms with Crippen LogP contribution in [0.4, 0.5) is 0 Å². The van der Waals surface area contributed by atoms with Gasteiger partial charge in [0.15, 0.2) is 0 Å². The largest absolute Gasteiger partial charge is 0.264 e.